The van der Waals surface area contributed by atoms with Gasteiger partial charge >= 0.3 is 0 Å². The first-order valence-corrected chi connectivity index (χ1v) is 8.16. The number of hydrogen-bond donors (Lipinski definition) is 1. The molecule has 0 atom stereocenters. The molecule has 2 heterocycles. The number of rotatable bonds is 7. The van der Waals surface area contributed by atoms with Gasteiger partial charge in [-0.05, 0) is 71.8 Å². The lowest BCUT2D eigenvalue weighted by Crippen LogP contribution is -2.43. The van der Waals surface area contributed by atoms with Gasteiger partial charge in [0.2, 0.25) is 0 Å². The summed E-state index contributed by atoms with van der Waals surface area (Å²) < 4.78 is 2.13. The molecule has 1 aromatic rings. The molecular formula is C16H30N4. The second kappa shape index (κ2) is 7.79. The number of hydrogen-bond acceptors (Lipinski definition) is 3. The maximum Gasteiger partial charge on any atom is 0.0596 e. The first-order valence-electron chi connectivity index (χ1n) is 8.16. The lowest BCUT2D eigenvalue weighted by Gasteiger charge is -2.32. The van der Waals surface area contributed by atoms with Gasteiger partial charge in [0.05, 0.1) is 5.69 Å². The molecule has 1 fully saturated rings. The van der Waals surface area contributed by atoms with E-state index in [9.17, 15) is 0 Å². The summed E-state index contributed by atoms with van der Waals surface area (Å²) in [5.74, 6) is 0. The monoisotopic (exact) mass is 278 g/mol. The second-order valence-corrected chi connectivity index (χ2v) is 6.07. The Kier molecular flexibility index (Phi) is 6.05. The predicted molar refractivity (Wildman–Crippen MR) is 84.1 cm³/mol. The molecule has 20 heavy (non-hydrogen) atoms. The average molecular weight is 278 g/mol. The molecule has 0 amide bonds. The van der Waals surface area contributed by atoms with Crippen LogP contribution in [0, 0.1) is 13.8 Å². The summed E-state index contributed by atoms with van der Waals surface area (Å²) in [4.78, 5) is 2.59. The van der Waals surface area contributed by atoms with E-state index >= 15 is 0 Å². The molecule has 114 valence electrons. The number of likely N-dealkylation sites (tertiary alicyclic amines) is 1. The first-order chi connectivity index (χ1) is 9.69. The molecule has 1 saturated heterocycles. The Balaban J connectivity index is 1.59. The number of aromatic nitrogens is 2. The van der Waals surface area contributed by atoms with Crippen LogP contribution in [0.4, 0.5) is 0 Å². The van der Waals surface area contributed by atoms with Crippen LogP contribution in [0.5, 0.6) is 0 Å². The highest BCUT2D eigenvalue weighted by molar-refractivity contribution is 5.06. The molecule has 4 heteroatoms. The van der Waals surface area contributed by atoms with E-state index in [4.69, 9.17) is 0 Å². The Hall–Kier alpha value is -0.870. The zero-order valence-electron chi connectivity index (χ0n) is 13.4. The summed E-state index contributed by atoms with van der Waals surface area (Å²) in [7, 11) is 0. The van der Waals surface area contributed by atoms with Crippen molar-refractivity contribution in [3.05, 3.63) is 17.5 Å². The SMILES string of the molecule is CCCN1CCC(NCCCn2nc(C)cc2C)CC1. The van der Waals surface area contributed by atoms with Gasteiger partial charge in [-0.15, -0.1) is 0 Å². The maximum atomic E-state index is 4.51. The topological polar surface area (TPSA) is 33.1 Å². The van der Waals surface area contributed by atoms with Crippen LogP contribution in [0.3, 0.4) is 0 Å². The highest BCUT2D eigenvalue weighted by Crippen LogP contribution is 2.10. The third-order valence-corrected chi connectivity index (χ3v) is 4.21. The Morgan fingerprint density at radius 1 is 1.25 bits per heavy atom. The molecule has 1 aromatic heterocycles. The largest absolute Gasteiger partial charge is 0.314 e. The summed E-state index contributed by atoms with van der Waals surface area (Å²) in [6.07, 6.45) is 5.05. The molecule has 2 rings (SSSR count). The lowest BCUT2D eigenvalue weighted by atomic mass is 10.0. The van der Waals surface area contributed by atoms with Crippen LogP contribution in [0.2, 0.25) is 0 Å². The molecule has 0 unspecified atom stereocenters. The van der Waals surface area contributed by atoms with Crippen LogP contribution in [-0.4, -0.2) is 46.9 Å². The van der Waals surface area contributed by atoms with Gasteiger partial charge in [0.1, 0.15) is 0 Å². The smallest absolute Gasteiger partial charge is 0.0596 e. The Morgan fingerprint density at radius 3 is 2.60 bits per heavy atom. The molecule has 0 spiro atoms. The highest BCUT2D eigenvalue weighted by Gasteiger charge is 2.17. The Morgan fingerprint density at radius 2 is 2.00 bits per heavy atom. The molecular weight excluding hydrogens is 248 g/mol. The van der Waals surface area contributed by atoms with E-state index in [1.807, 2.05) is 0 Å². The van der Waals surface area contributed by atoms with Gasteiger partial charge in [-0.25, -0.2) is 0 Å². The van der Waals surface area contributed by atoms with E-state index in [-0.39, 0.29) is 0 Å². The van der Waals surface area contributed by atoms with E-state index in [0.717, 1.165) is 31.2 Å². The summed E-state index contributed by atoms with van der Waals surface area (Å²) >= 11 is 0. The third-order valence-electron chi connectivity index (χ3n) is 4.21. The van der Waals surface area contributed by atoms with Crippen LogP contribution in [0.15, 0.2) is 6.07 Å². The highest BCUT2D eigenvalue weighted by atomic mass is 15.3. The van der Waals surface area contributed by atoms with Gasteiger partial charge in [0.15, 0.2) is 0 Å². The predicted octanol–water partition coefficient (Wildman–Crippen LogP) is 2.35. The van der Waals surface area contributed by atoms with Crippen molar-refractivity contribution in [2.75, 3.05) is 26.2 Å². The van der Waals surface area contributed by atoms with Gasteiger partial charge in [-0.3, -0.25) is 4.68 Å². The maximum absolute atomic E-state index is 4.51. The van der Waals surface area contributed by atoms with Crippen molar-refractivity contribution < 1.29 is 0 Å². The van der Waals surface area contributed by atoms with Crippen molar-refractivity contribution in [3.8, 4) is 0 Å². The normalized spacial score (nSPS) is 17.8. The van der Waals surface area contributed by atoms with Crippen molar-refractivity contribution >= 4 is 0 Å². The quantitative estimate of drug-likeness (QED) is 0.777. The first kappa shape index (κ1) is 15.5. The van der Waals surface area contributed by atoms with E-state index in [1.54, 1.807) is 0 Å². The van der Waals surface area contributed by atoms with Crippen molar-refractivity contribution in [1.82, 2.24) is 20.0 Å². The fourth-order valence-electron chi connectivity index (χ4n) is 3.11. The number of nitrogens with one attached hydrogen (secondary N) is 1. The number of nitrogens with zero attached hydrogens (tertiary/aromatic N) is 3. The van der Waals surface area contributed by atoms with Crippen molar-refractivity contribution in [2.24, 2.45) is 0 Å². The van der Waals surface area contributed by atoms with Crippen LogP contribution in [-0.2, 0) is 6.54 Å². The zero-order chi connectivity index (χ0) is 14.4. The van der Waals surface area contributed by atoms with Gasteiger partial charge in [-0.2, -0.15) is 5.10 Å². The van der Waals surface area contributed by atoms with E-state index in [1.165, 1.54) is 44.6 Å². The average Bonchev–Trinajstić information content (AvgIpc) is 2.75. The summed E-state index contributed by atoms with van der Waals surface area (Å²) in [6, 6.07) is 2.88. The Labute approximate surface area is 123 Å². The summed E-state index contributed by atoms with van der Waals surface area (Å²) in [5, 5.41) is 8.22. The minimum absolute atomic E-state index is 0.726. The van der Waals surface area contributed by atoms with Gasteiger partial charge in [-0.1, -0.05) is 6.92 Å². The minimum Gasteiger partial charge on any atom is -0.314 e. The van der Waals surface area contributed by atoms with Gasteiger partial charge in [0.25, 0.3) is 0 Å². The standard InChI is InChI=1S/C16H30N4/c1-4-9-19-11-6-16(7-12-19)17-8-5-10-20-15(3)13-14(2)18-20/h13,16-17H,4-12H2,1-3H3. The van der Waals surface area contributed by atoms with E-state index in [2.05, 4.69) is 46.8 Å². The van der Waals surface area contributed by atoms with Crippen LogP contribution >= 0.6 is 0 Å². The van der Waals surface area contributed by atoms with Crippen molar-refractivity contribution in [2.45, 2.75) is 59.0 Å². The second-order valence-electron chi connectivity index (χ2n) is 6.07. The van der Waals surface area contributed by atoms with Crippen molar-refractivity contribution in [3.63, 3.8) is 0 Å². The van der Waals surface area contributed by atoms with Gasteiger partial charge in [0, 0.05) is 18.3 Å². The third kappa shape index (κ3) is 4.60. The molecule has 4 nitrogen and oxygen atoms in total. The number of aryl methyl sites for hydroxylation is 3. The molecule has 0 saturated carbocycles. The fraction of sp³-hybridized carbons (Fsp3) is 0.812. The molecule has 1 N–H and O–H groups in total. The summed E-state index contributed by atoms with van der Waals surface area (Å²) in [6.45, 7) is 12.4. The van der Waals surface area contributed by atoms with E-state index in [0.29, 0.717) is 0 Å². The van der Waals surface area contributed by atoms with Crippen molar-refractivity contribution in [1.29, 1.82) is 0 Å². The van der Waals surface area contributed by atoms with E-state index < -0.39 is 0 Å². The lowest BCUT2D eigenvalue weighted by molar-refractivity contribution is 0.198. The molecule has 0 radical (unpaired) electrons. The van der Waals surface area contributed by atoms with Crippen LogP contribution < -0.4 is 5.32 Å². The molecule has 1 aliphatic rings. The Bertz CT molecular complexity index is 391. The molecule has 1 aliphatic heterocycles. The van der Waals surface area contributed by atoms with Crippen LogP contribution in [0.25, 0.3) is 0 Å². The van der Waals surface area contributed by atoms with Crippen LogP contribution in [0.1, 0.15) is 44.0 Å². The molecule has 0 aromatic carbocycles. The fourth-order valence-corrected chi connectivity index (χ4v) is 3.11. The van der Waals surface area contributed by atoms with Gasteiger partial charge < -0.3 is 10.2 Å². The summed E-state index contributed by atoms with van der Waals surface area (Å²) in [5.41, 5.74) is 2.40. The molecule has 0 aliphatic carbocycles. The zero-order valence-corrected chi connectivity index (χ0v) is 13.4. The molecule has 0 bridgehead atoms. The minimum atomic E-state index is 0.726. The number of piperidine rings is 1.